The molecule has 0 radical (unpaired) electrons. The summed E-state index contributed by atoms with van der Waals surface area (Å²) in [6.07, 6.45) is 1.95. The van der Waals surface area contributed by atoms with E-state index in [0.717, 1.165) is 22.0 Å². The molecule has 1 aliphatic rings. The fourth-order valence-electron chi connectivity index (χ4n) is 2.92. The first-order valence-corrected chi connectivity index (χ1v) is 9.62. The number of amides is 1. The zero-order valence-electron chi connectivity index (χ0n) is 14.5. The first kappa shape index (κ1) is 18.3. The average molecular weight is 376 g/mol. The van der Waals surface area contributed by atoms with Crippen LogP contribution >= 0.6 is 0 Å². The number of aromatic amines is 1. The Morgan fingerprint density at radius 1 is 1.27 bits per heavy atom. The highest BCUT2D eigenvalue weighted by Gasteiger charge is 2.23. The minimum absolute atomic E-state index is 0.0937. The Morgan fingerprint density at radius 3 is 2.62 bits per heavy atom. The van der Waals surface area contributed by atoms with Gasteiger partial charge in [-0.3, -0.25) is 9.59 Å². The van der Waals surface area contributed by atoms with E-state index in [4.69, 9.17) is 0 Å². The molecule has 1 atom stereocenters. The number of hydrogen-bond donors (Lipinski definition) is 2. The molecule has 3 rings (SSSR count). The Kier molecular flexibility index (Phi) is 4.92. The van der Waals surface area contributed by atoms with Gasteiger partial charge in [-0.1, -0.05) is 0 Å². The van der Waals surface area contributed by atoms with Gasteiger partial charge < -0.3 is 5.32 Å². The lowest BCUT2D eigenvalue weighted by molar-refractivity contribution is 0.0933. The van der Waals surface area contributed by atoms with E-state index in [0.29, 0.717) is 18.4 Å². The van der Waals surface area contributed by atoms with Crippen LogP contribution in [0.1, 0.15) is 28.0 Å². The molecule has 1 aromatic heterocycles. The summed E-state index contributed by atoms with van der Waals surface area (Å²) in [6, 6.07) is 7.25. The van der Waals surface area contributed by atoms with Crippen molar-refractivity contribution in [3.05, 3.63) is 57.5 Å². The zero-order valence-corrected chi connectivity index (χ0v) is 15.3. The van der Waals surface area contributed by atoms with Gasteiger partial charge in [-0.15, -0.1) is 0 Å². The largest absolute Gasteiger partial charge is 0.349 e. The van der Waals surface area contributed by atoms with Crippen molar-refractivity contribution in [3.8, 4) is 0 Å². The molecule has 2 aromatic rings. The van der Waals surface area contributed by atoms with E-state index in [1.54, 1.807) is 0 Å². The predicted octanol–water partition coefficient (Wildman–Crippen LogP) is 0.308. The maximum atomic E-state index is 12.4. The van der Waals surface area contributed by atoms with Crippen LogP contribution in [0.5, 0.6) is 0 Å². The molecule has 2 N–H and O–H groups in total. The molecule has 0 bridgehead atoms. The number of aryl methyl sites for hydroxylation is 1. The van der Waals surface area contributed by atoms with Crippen molar-refractivity contribution in [3.63, 3.8) is 0 Å². The van der Waals surface area contributed by atoms with Crippen LogP contribution in [0.2, 0.25) is 0 Å². The second-order valence-corrected chi connectivity index (χ2v) is 8.58. The number of rotatable bonds is 4. The molecule has 0 saturated carbocycles. The number of sulfonamides is 1. The number of fused-ring (bicyclic) bond motifs is 1. The minimum Gasteiger partial charge on any atom is -0.349 e. The summed E-state index contributed by atoms with van der Waals surface area (Å²) in [5, 5.41) is 9.38. The lowest BCUT2D eigenvalue weighted by atomic mass is 9.92. The van der Waals surface area contributed by atoms with Gasteiger partial charge in [0.25, 0.3) is 11.5 Å². The SMILES string of the molecule is CN(C)S(=O)(=O)c1ccc(C(=O)N[C@H]2CCc3n[nH]c(=O)cc3C2)cc1. The van der Waals surface area contributed by atoms with Gasteiger partial charge >= 0.3 is 0 Å². The first-order chi connectivity index (χ1) is 12.3. The normalized spacial score (nSPS) is 17.0. The Bertz CT molecular complexity index is 981. The minimum atomic E-state index is -3.52. The van der Waals surface area contributed by atoms with E-state index in [1.165, 1.54) is 44.4 Å². The number of benzene rings is 1. The molecule has 0 saturated heterocycles. The predicted molar refractivity (Wildman–Crippen MR) is 95.5 cm³/mol. The molecular formula is C17H20N4O4S. The van der Waals surface area contributed by atoms with E-state index in [9.17, 15) is 18.0 Å². The fourth-order valence-corrected chi connectivity index (χ4v) is 3.82. The van der Waals surface area contributed by atoms with E-state index in [2.05, 4.69) is 15.5 Å². The summed E-state index contributed by atoms with van der Waals surface area (Å²) < 4.78 is 25.3. The Hall–Kier alpha value is -2.52. The lowest BCUT2D eigenvalue weighted by Crippen LogP contribution is -2.39. The highest BCUT2D eigenvalue weighted by molar-refractivity contribution is 7.89. The Morgan fingerprint density at radius 2 is 1.96 bits per heavy atom. The van der Waals surface area contributed by atoms with Crippen LogP contribution in [0.25, 0.3) is 0 Å². The van der Waals surface area contributed by atoms with Crippen molar-refractivity contribution in [1.82, 2.24) is 19.8 Å². The Balaban J connectivity index is 1.70. The maximum Gasteiger partial charge on any atom is 0.264 e. The second-order valence-electron chi connectivity index (χ2n) is 6.43. The van der Waals surface area contributed by atoms with Crippen LogP contribution in [0.3, 0.4) is 0 Å². The van der Waals surface area contributed by atoms with Crippen LogP contribution in [-0.2, 0) is 22.9 Å². The molecule has 9 heteroatoms. The average Bonchev–Trinajstić information content (AvgIpc) is 2.61. The molecule has 0 spiro atoms. The summed E-state index contributed by atoms with van der Waals surface area (Å²) in [5.74, 6) is -0.273. The monoisotopic (exact) mass is 376 g/mol. The molecule has 0 aliphatic heterocycles. The summed E-state index contributed by atoms with van der Waals surface area (Å²) in [6.45, 7) is 0. The van der Waals surface area contributed by atoms with E-state index in [1.807, 2.05) is 0 Å². The van der Waals surface area contributed by atoms with Crippen LogP contribution in [0.15, 0.2) is 40.0 Å². The molecule has 26 heavy (non-hydrogen) atoms. The molecule has 0 unspecified atom stereocenters. The third kappa shape index (κ3) is 3.68. The standard InChI is InChI=1S/C17H20N4O4S/c1-21(2)26(24,25)14-6-3-11(4-7-14)17(23)18-13-5-8-15-12(9-13)10-16(22)20-19-15/h3-4,6-7,10,13H,5,8-9H2,1-2H3,(H,18,23)(H,20,22)/t13-/m0/s1. The van der Waals surface area contributed by atoms with Crippen molar-refractivity contribution < 1.29 is 13.2 Å². The van der Waals surface area contributed by atoms with Gasteiger partial charge in [0.2, 0.25) is 10.0 Å². The number of carbonyl (C=O) groups excluding carboxylic acids is 1. The van der Waals surface area contributed by atoms with Crippen LogP contribution in [0.4, 0.5) is 0 Å². The van der Waals surface area contributed by atoms with Gasteiger partial charge in [0.1, 0.15) is 0 Å². The quantitative estimate of drug-likeness (QED) is 0.797. The third-order valence-electron chi connectivity index (χ3n) is 4.40. The number of H-pyrrole nitrogens is 1. The smallest absolute Gasteiger partial charge is 0.264 e. The topological polar surface area (TPSA) is 112 Å². The molecule has 1 aromatic carbocycles. The number of hydrogen-bond acceptors (Lipinski definition) is 5. The summed E-state index contributed by atoms with van der Waals surface area (Å²) >= 11 is 0. The Labute approximate surface area is 151 Å². The number of nitrogens with one attached hydrogen (secondary N) is 2. The number of aromatic nitrogens is 2. The van der Waals surface area contributed by atoms with Crippen molar-refractivity contribution >= 4 is 15.9 Å². The van der Waals surface area contributed by atoms with Crippen molar-refractivity contribution in [2.75, 3.05) is 14.1 Å². The molecule has 1 heterocycles. The van der Waals surface area contributed by atoms with Gasteiger partial charge in [0.05, 0.1) is 10.6 Å². The van der Waals surface area contributed by atoms with Gasteiger partial charge in [0, 0.05) is 31.8 Å². The maximum absolute atomic E-state index is 12.4. The molecule has 0 fully saturated rings. The van der Waals surface area contributed by atoms with Gasteiger partial charge in [0.15, 0.2) is 0 Å². The fraction of sp³-hybridized carbons (Fsp3) is 0.353. The third-order valence-corrected chi connectivity index (χ3v) is 6.23. The molecule has 138 valence electrons. The number of nitrogens with zero attached hydrogens (tertiary/aromatic N) is 2. The highest BCUT2D eigenvalue weighted by atomic mass is 32.2. The molecule has 1 aliphatic carbocycles. The van der Waals surface area contributed by atoms with Crippen LogP contribution in [-0.4, -0.2) is 49.0 Å². The van der Waals surface area contributed by atoms with E-state index < -0.39 is 10.0 Å². The lowest BCUT2D eigenvalue weighted by Gasteiger charge is -2.24. The summed E-state index contributed by atoms with van der Waals surface area (Å²) in [7, 11) is -0.612. The highest BCUT2D eigenvalue weighted by Crippen LogP contribution is 2.19. The van der Waals surface area contributed by atoms with Crippen LogP contribution in [0, 0.1) is 0 Å². The van der Waals surface area contributed by atoms with Crippen molar-refractivity contribution in [2.24, 2.45) is 0 Å². The van der Waals surface area contributed by atoms with Gasteiger partial charge in [-0.25, -0.2) is 17.8 Å². The summed E-state index contributed by atoms with van der Waals surface area (Å²) in [5.41, 5.74) is 1.83. The first-order valence-electron chi connectivity index (χ1n) is 8.18. The molecule has 8 nitrogen and oxygen atoms in total. The van der Waals surface area contributed by atoms with Gasteiger partial charge in [-0.2, -0.15) is 5.10 Å². The van der Waals surface area contributed by atoms with Crippen molar-refractivity contribution in [1.29, 1.82) is 0 Å². The van der Waals surface area contributed by atoms with E-state index in [-0.39, 0.29) is 22.4 Å². The van der Waals surface area contributed by atoms with Crippen molar-refractivity contribution in [2.45, 2.75) is 30.2 Å². The summed E-state index contributed by atoms with van der Waals surface area (Å²) in [4.78, 5) is 24.0. The van der Waals surface area contributed by atoms with Crippen LogP contribution < -0.4 is 10.9 Å². The number of carbonyl (C=O) groups is 1. The van der Waals surface area contributed by atoms with Gasteiger partial charge in [-0.05, 0) is 49.1 Å². The molecule has 1 amide bonds. The molecular weight excluding hydrogens is 356 g/mol. The zero-order chi connectivity index (χ0) is 18.9. The second kappa shape index (κ2) is 7.00. The van der Waals surface area contributed by atoms with E-state index >= 15 is 0 Å².